The van der Waals surface area contributed by atoms with Crippen molar-refractivity contribution in [2.75, 3.05) is 27.8 Å². The van der Waals surface area contributed by atoms with Gasteiger partial charge in [-0.25, -0.2) is 0 Å². The van der Waals surface area contributed by atoms with E-state index in [4.69, 9.17) is 9.47 Å². The van der Waals surface area contributed by atoms with E-state index in [-0.39, 0.29) is 11.8 Å². The molecule has 0 radical (unpaired) electrons. The number of carbonyl (C=O) groups excluding carboxylic acids is 1. The van der Waals surface area contributed by atoms with Gasteiger partial charge < -0.3 is 19.5 Å². The summed E-state index contributed by atoms with van der Waals surface area (Å²) in [5.41, 5.74) is 0.741. The summed E-state index contributed by atoms with van der Waals surface area (Å²) in [7, 11) is 4.88. The van der Waals surface area contributed by atoms with Crippen LogP contribution in [0.5, 0.6) is 11.5 Å². The molecule has 0 aromatic heterocycles. The maximum Gasteiger partial charge on any atom is 0.222 e. The van der Waals surface area contributed by atoms with Gasteiger partial charge in [-0.05, 0) is 17.7 Å². The Kier molecular flexibility index (Phi) is 3.95. The van der Waals surface area contributed by atoms with E-state index in [1.807, 2.05) is 0 Å². The summed E-state index contributed by atoms with van der Waals surface area (Å²) in [5.74, 6) is 1.20. The Balaban J connectivity index is 2.20. The van der Waals surface area contributed by atoms with E-state index in [9.17, 15) is 9.90 Å². The molecule has 0 saturated carbocycles. The predicted octanol–water partition coefficient (Wildman–Crippen LogP) is 1.22. The van der Waals surface area contributed by atoms with Crippen LogP contribution in [-0.2, 0) is 4.79 Å². The lowest BCUT2D eigenvalue weighted by molar-refractivity contribution is -0.126. The number of ether oxygens (including phenoxy) is 2. The van der Waals surface area contributed by atoms with Gasteiger partial charge in [0.15, 0.2) is 11.5 Å². The summed E-state index contributed by atoms with van der Waals surface area (Å²) in [4.78, 5) is 13.2. The third-order valence-electron chi connectivity index (χ3n) is 3.57. The van der Waals surface area contributed by atoms with Crippen LogP contribution in [0.3, 0.4) is 0 Å². The molecule has 5 nitrogen and oxygen atoms in total. The van der Waals surface area contributed by atoms with E-state index in [0.29, 0.717) is 24.5 Å². The van der Waals surface area contributed by atoms with Crippen LogP contribution in [-0.4, -0.2) is 43.7 Å². The highest BCUT2D eigenvalue weighted by atomic mass is 16.5. The third kappa shape index (κ3) is 2.66. The highest BCUT2D eigenvalue weighted by molar-refractivity contribution is 5.78. The molecule has 1 aromatic carbocycles. The number of amides is 1. The van der Waals surface area contributed by atoms with Gasteiger partial charge in [0.05, 0.1) is 20.3 Å². The second-order valence-corrected chi connectivity index (χ2v) is 4.80. The smallest absolute Gasteiger partial charge is 0.222 e. The number of methoxy groups -OCH3 is 2. The van der Waals surface area contributed by atoms with Crippen LogP contribution in [0, 0.1) is 5.92 Å². The summed E-state index contributed by atoms with van der Waals surface area (Å²) in [6, 6.07) is 5.32. The number of nitrogens with zero attached hydrogens (tertiary/aromatic N) is 1. The molecule has 1 fully saturated rings. The molecular weight excluding hydrogens is 246 g/mol. The molecule has 1 heterocycles. The summed E-state index contributed by atoms with van der Waals surface area (Å²) in [6.45, 7) is 0.578. The van der Waals surface area contributed by atoms with Crippen LogP contribution in [0.4, 0.5) is 0 Å². The number of hydrogen-bond donors (Lipinski definition) is 1. The number of aliphatic hydroxyl groups is 1. The van der Waals surface area contributed by atoms with Gasteiger partial charge in [-0.3, -0.25) is 4.79 Å². The minimum absolute atomic E-state index is 0.0735. The molecule has 2 atom stereocenters. The third-order valence-corrected chi connectivity index (χ3v) is 3.57. The normalized spacial score (nSPS) is 20.5. The second kappa shape index (κ2) is 5.48. The van der Waals surface area contributed by atoms with Gasteiger partial charge in [0.25, 0.3) is 0 Å². The first-order valence-corrected chi connectivity index (χ1v) is 6.20. The molecule has 1 amide bonds. The highest BCUT2D eigenvalue weighted by Gasteiger charge is 2.33. The van der Waals surface area contributed by atoms with Crippen LogP contribution < -0.4 is 9.47 Å². The molecule has 2 rings (SSSR count). The average Bonchev–Trinajstić information content (AvgIpc) is 2.77. The first-order chi connectivity index (χ1) is 9.06. The van der Waals surface area contributed by atoms with Crippen LogP contribution >= 0.6 is 0 Å². The molecule has 2 unspecified atom stereocenters. The monoisotopic (exact) mass is 265 g/mol. The zero-order valence-electron chi connectivity index (χ0n) is 11.4. The van der Waals surface area contributed by atoms with Crippen molar-refractivity contribution in [3.8, 4) is 11.5 Å². The summed E-state index contributed by atoms with van der Waals surface area (Å²) in [5, 5.41) is 10.4. The Morgan fingerprint density at radius 3 is 2.53 bits per heavy atom. The zero-order chi connectivity index (χ0) is 14.0. The Hall–Kier alpha value is -1.75. The minimum atomic E-state index is -0.672. The van der Waals surface area contributed by atoms with E-state index in [2.05, 4.69) is 0 Å². The maximum absolute atomic E-state index is 11.5. The number of rotatable bonds is 4. The average molecular weight is 265 g/mol. The molecule has 0 bridgehead atoms. The molecule has 0 spiro atoms. The van der Waals surface area contributed by atoms with Gasteiger partial charge in [0.2, 0.25) is 5.91 Å². The number of benzene rings is 1. The second-order valence-electron chi connectivity index (χ2n) is 4.80. The van der Waals surface area contributed by atoms with Crippen LogP contribution in [0.25, 0.3) is 0 Å². The molecule has 1 aliphatic rings. The largest absolute Gasteiger partial charge is 0.493 e. The lowest BCUT2D eigenvalue weighted by Gasteiger charge is -2.19. The van der Waals surface area contributed by atoms with Gasteiger partial charge in [0.1, 0.15) is 0 Å². The summed E-state index contributed by atoms with van der Waals surface area (Å²) < 4.78 is 10.4. The Morgan fingerprint density at radius 1 is 1.32 bits per heavy atom. The van der Waals surface area contributed by atoms with Crippen molar-refractivity contribution in [2.45, 2.75) is 12.5 Å². The van der Waals surface area contributed by atoms with Gasteiger partial charge in [-0.15, -0.1) is 0 Å². The fraction of sp³-hybridized carbons (Fsp3) is 0.500. The minimum Gasteiger partial charge on any atom is -0.493 e. The lowest BCUT2D eigenvalue weighted by atomic mass is 9.94. The fourth-order valence-electron chi connectivity index (χ4n) is 2.42. The summed E-state index contributed by atoms with van der Waals surface area (Å²) >= 11 is 0. The van der Waals surface area contributed by atoms with Crippen molar-refractivity contribution in [1.29, 1.82) is 0 Å². The van der Waals surface area contributed by atoms with E-state index < -0.39 is 6.10 Å². The SMILES string of the molecule is COc1ccc(C(O)C2CC(=O)N(C)C2)cc1OC. The first kappa shape index (κ1) is 13.7. The lowest BCUT2D eigenvalue weighted by Crippen LogP contribution is -2.20. The Bertz CT molecular complexity index is 475. The molecule has 0 aliphatic carbocycles. The van der Waals surface area contributed by atoms with Gasteiger partial charge in [-0.2, -0.15) is 0 Å². The van der Waals surface area contributed by atoms with Crippen molar-refractivity contribution >= 4 is 5.91 Å². The number of carbonyl (C=O) groups is 1. The van der Waals surface area contributed by atoms with E-state index in [1.54, 1.807) is 44.4 Å². The molecule has 19 heavy (non-hydrogen) atoms. The van der Waals surface area contributed by atoms with Crippen molar-refractivity contribution in [3.63, 3.8) is 0 Å². The van der Waals surface area contributed by atoms with Crippen molar-refractivity contribution in [2.24, 2.45) is 5.92 Å². The van der Waals surface area contributed by atoms with Crippen molar-refractivity contribution < 1.29 is 19.4 Å². The standard InChI is InChI=1S/C14H19NO4/c1-15-8-10(7-13(15)16)14(17)9-4-5-11(18-2)12(6-9)19-3/h4-6,10,14,17H,7-8H2,1-3H3. The topological polar surface area (TPSA) is 59.0 Å². The first-order valence-electron chi connectivity index (χ1n) is 6.20. The van der Waals surface area contributed by atoms with Gasteiger partial charge in [0, 0.05) is 25.9 Å². The molecule has 104 valence electrons. The van der Waals surface area contributed by atoms with Crippen LogP contribution in [0.2, 0.25) is 0 Å². The van der Waals surface area contributed by atoms with Gasteiger partial charge >= 0.3 is 0 Å². The molecular formula is C14H19NO4. The maximum atomic E-state index is 11.5. The predicted molar refractivity (Wildman–Crippen MR) is 70.2 cm³/mol. The van der Waals surface area contributed by atoms with E-state index >= 15 is 0 Å². The number of likely N-dealkylation sites (tertiary alicyclic amines) is 1. The Labute approximate surface area is 112 Å². The van der Waals surface area contributed by atoms with Crippen molar-refractivity contribution in [3.05, 3.63) is 23.8 Å². The summed E-state index contributed by atoms with van der Waals surface area (Å²) in [6.07, 6.45) is -0.292. The molecule has 1 aliphatic heterocycles. The molecule has 5 heteroatoms. The van der Waals surface area contributed by atoms with Crippen LogP contribution in [0.1, 0.15) is 18.1 Å². The van der Waals surface area contributed by atoms with E-state index in [0.717, 1.165) is 5.56 Å². The van der Waals surface area contributed by atoms with Crippen LogP contribution in [0.15, 0.2) is 18.2 Å². The number of hydrogen-bond acceptors (Lipinski definition) is 4. The zero-order valence-corrected chi connectivity index (χ0v) is 11.4. The highest BCUT2D eigenvalue weighted by Crippen LogP contribution is 2.35. The molecule has 1 aromatic rings. The molecule has 1 saturated heterocycles. The van der Waals surface area contributed by atoms with Gasteiger partial charge in [-0.1, -0.05) is 6.07 Å². The number of aliphatic hydroxyl groups excluding tert-OH is 1. The van der Waals surface area contributed by atoms with E-state index in [1.165, 1.54) is 0 Å². The molecule has 1 N–H and O–H groups in total. The quantitative estimate of drug-likeness (QED) is 0.889. The van der Waals surface area contributed by atoms with Crippen molar-refractivity contribution in [1.82, 2.24) is 4.90 Å². The fourth-order valence-corrected chi connectivity index (χ4v) is 2.42. The Morgan fingerprint density at radius 2 is 2.00 bits per heavy atom.